The number of carbonyl (C=O) groups is 1. The van der Waals surface area contributed by atoms with Gasteiger partial charge in [0.25, 0.3) is 0 Å². The number of aliphatic carboxylic acids is 1. The Morgan fingerprint density at radius 3 is 2.17 bits per heavy atom. The maximum absolute atomic E-state index is 10.9. The molecule has 1 atom stereocenters. The van der Waals surface area contributed by atoms with Gasteiger partial charge >= 0.3 is 37.7 Å². The second kappa shape index (κ2) is 12.5. The molecule has 0 bridgehead atoms. The summed E-state index contributed by atoms with van der Waals surface area (Å²) in [5.74, 6) is -1.03. The third-order valence-corrected chi connectivity index (χ3v) is 2.73. The van der Waals surface area contributed by atoms with E-state index in [2.05, 4.69) is 4.90 Å². The van der Waals surface area contributed by atoms with E-state index in [0.29, 0.717) is 6.61 Å². The van der Waals surface area contributed by atoms with Gasteiger partial charge in [0, 0.05) is 32.8 Å². The molecule has 0 aromatic rings. The van der Waals surface area contributed by atoms with Crippen molar-refractivity contribution in [2.45, 2.75) is 13.0 Å². The molecular formula is C10H20Li2N2O4. The molecule has 0 aromatic heterocycles. The molecule has 18 heavy (non-hydrogen) atoms. The van der Waals surface area contributed by atoms with E-state index in [1.807, 2.05) is 18.9 Å². The van der Waals surface area contributed by atoms with E-state index < -0.39 is 12.0 Å². The zero-order valence-electron chi connectivity index (χ0n) is 11.9. The van der Waals surface area contributed by atoms with E-state index in [1.54, 1.807) is 0 Å². The number of nitrogens with zero attached hydrogens (tertiary/aromatic N) is 2. The van der Waals surface area contributed by atoms with Crippen LogP contribution in [0, 0.1) is 0 Å². The van der Waals surface area contributed by atoms with Gasteiger partial charge in [-0.25, -0.2) is 0 Å². The van der Waals surface area contributed by atoms with Gasteiger partial charge in [0.1, 0.15) is 0 Å². The summed E-state index contributed by atoms with van der Waals surface area (Å²) in [6.07, 6.45) is 0. The molecule has 1 heterocycles. The average molecular weight is 246 g/mol. The first kappa shape index (κ1) is 23.6. The zero-order chi connectivity index (χ0) is 11.3. The Morgan fingerprint density at radius 1 is 1.28 bits per heavy atom. The van der Waals surface area contributed by atoms with Gasteiger partial charge in [-0.05, 0) is 14.0 Å². The minimum Gasteiger partial charge on any atom is -0.870 e. The molecule has 0 unspecified atom stereocenters. The Kier molecular flexibility index (Phi) is 16.4. The monoisotopic (exact) mass is 246 g/mol. The summed E-state index contributed by atoms with van der Waals surface area (Å²) >= 11 is 0. The number of hydrogen-bond acceptors (Lipinski definition) is 6. The van der Waals surface area contributed by atoms with Crippen molar-refractivity contribution < 1.29 is 57.8 Å². The van der Waals surface area contributed by atoms with Gasteiger partial charge in [0.2, 0.25) is 0 Å². The summed E-state index contributed by atoms with van der Waals surface area (Å²) in [6, 6.07) is -0.598. The first-order valence-corrected chi connectivity index (χ1v) is 5.36. The molecule has 0 saturated carbocycles. The molecule has 6 nitrogen and oxygen atoms in total. The van der Waals surface area contributed by atoms with E-state index in [9.17, 15) is 9.90 Å². The number of carboxylic acid groups (broad SMARTS) is 1. The number of carbonyl (C=O) groups excluding carboxylic acids is 1. The predicted molar refractivity (Wildman–Crippen MR) is 56.3 cm³/mol. The molecule has 0 amide bonds. The Hall–Kier alpha value is 0.505. The topological polar surface area (TPSA) is 85.8 Å². The molecule has 8 heteroatoms. The Morgan fingerprint density at radius 2 is 1.78 bits per heavy atom. The predicted octanol–water partition coefficient (Wildman–Crippen LogP) is -7.78. The summed E-state index contributed by atoms with van der Waals surface area (Å²) < 4.78 is 5.16. The summed E-state index contributed by atoms with van der Waals surface area (Å²) in [5.41, 5.74) is 0. The van der Waals surface area contributed by atoms with Gasteiger partial charge in [-0.2, -0.15) is 0 Å². The largest absolute Gasteiger partial charge is 1.00 e. The third kappa shape index (κ3) is 7.83. The third-order valence-electron chi connectivity index (χ3n) is 2.73. The smallest absolute Gasteiger partial charge is 0.870 e. The number of carboxylic acids is 1. The van der Waals surface area contributed by atoms with E-state index in [1.165, 1.54) is 0 Å². The number of rotatable bonds is 5. The Balaban J connectivity index is -0.000000750. The molecule has 0 radical (unpaired) electrons. The van der Waals surface area contributed by atoms with E-state index in [0.717, 1.165) is 26.2 Å². The van der Waals surface area contributed by atoms with Crippen LogP contribution in [0.25, 0.3) is 0 Å². The van der Waals surface area contributed by atoms with Crippen molar-refractivity contribution in [3.05, 3.63) is 0 Å². The minimum absolute atomic E-state index is 0. The van der Waals surface area contributed by atoms with Crippen molar-refractivity contribution in [3.63, 3.8) is 0 Å². The van der Waals surface area contributed by atoms with Crippen molar-refractivity contribution in [1.29, 1.82) is 0 Å². The van der Waals surface area contributed by atoms with Crippen LogP contribution in [0.3, 0.4) is 0 Å². The molecule has 1 saturated heterocycles. The van der Waals surface area contributed by atoms with Gasteiger partial charge in [-0.15, -0.1) is 0 Å². The van der Waals surface area contributed by atoms with Gasteiger partial charge < -0.3 is 25.0 Å². The summed E-state index contributed by atoms with van der Waals surface area (Å²) in [4.78, 5) is 15.0. The second-order valence-electron chi connectivity index (χ2n) is 3.83. The molecule has 0 spiro atoms. The molecule has 1 rings (SSSR count). The SMILES string of the molecule is CCOC[C@H](C(=O)[O-])N1CCN(C)CC1.[Li+].[Li+].[OH-]. The first-order chi connectivity index (χ1) is 7.15. The minimum atomic E-state index is -1.03. The fraction of sp³-hybridized carbons (Fsp3) is 0.900. The quantitative estimate of drug-likeness (QED) is 0.448. The van der Waals surface area contributed by atoms with Crippen LogP contribution in [0.15, 0.2) is 0 Å². The van der Waals surface area contributed by atoms with Crippen LogP contribution in [0.4, 0.5) is 0 Å². The van der Waals surface area contributed by atoms with Crippen molar-refractivity contribution in [2.75, 3.05) is 46.4 Å². The fourth-order valence-corrected chi connectivity index (χ4v) is 1.69. The molecule has 0 aromatic carbocycles. The maximum Gasteiger partial charge on any atom is 1.00 e. The van der Waals surface area contributed by atoms with Gasteiger partial charge in [-0.1, -0.05) is 0 Å². The Bertz CT molecular complexity index is 214. The normalized spacial score (nSPS) is 17.9. The second-order valence-corrected chi connectivity index (χ2v) is 3.83. The van der Waals surface area contributed by atoms with Crippen LogP contribution in [0.1, 0.15) is 6.92 Å². The van der Waals surface area contributed by atoms with E-state index >= 15 is 0 Å². The van der Waals surface area contributed by atoms with Crippen molar-refractivity contribution in [1.82, 2.24) is 9.80 Å². The summed E-state index contributed by atoms with van der Waals surface area (Å²) in [6.45, 7) is 5.95. The van der Waals surface area contributed by atoms with E-state index in [-0.39, 0.29) is 49.8 Å². The summed E-state index contributed by atoms with van der Waals surface area (Å²) in [5, 5.41) is 10.9. The maximum atomic E-state index is 10.9. The van der Waals surface area contributed by atoms with Crippen molar-refractivity contribution >= 4 is 5.97 Å². The standard InChI is InChI=1S/C10H20N2O3.2Li.H2O/c1-3-15-8-9(10(13)14)12-6-4-11(2)5-7-12;;;/h9H,3-8H2,1-2H3,(H,13,14);;;1H2/q;2*+1;/p-2/t9-;;;/m1.../s1. The Labute approximate surface area is 133 Å². The number of ether oxygens (including phenoxy) is 1. The first-order valence-electron chi connectivity index (χ1n) is 5.36. The zero-order valence-corrected chi connectivity index (χ0v) is 11.9. The van der Waals surface area contributed by atoms with Gasteiger partial charge in [0.15, 0.2) is 0 Å². The number of likely N-dealkylation sites (N-methyl/N-ethyl adjacent to an activating group) is 1. The molecule has 1 aliphatic heterocycles. The molecule has 1 fully saturated rings. The van der Waals surface area contributed by atoms with Crippen LogP contribution >= 0.6 is 0 Å². The van der Waals surface area contributed by atoms with Gasteiger partial charge in [-0.3, -0.25) is 4.90 Å². The van der Waals surface area contributed by atoms with Gasteiger partial charge in [0.05, 0.1) is 18.6 Å². The van der Waals surface area contributed by atoms with Crippen LogP contribution in [-0.2, 0) is 9.53 Å². The van der Waals surface area contributed by atoms with Crippen molar-refractivity contribution in [3.8, 4) is 0 Å². The van der Waals surface area contributed by atoms with Crippen LogP contribution < -0.4 is 42.8 Å². The molecule has 1 N–H and O–H groups in total. The van der Waals surface area contributed by atoms with E-state index in [4.69, 9.17) is 4.74 Å². The fourth-order valence-electron chi connectivity index (χ4n) is 1.69. The van der Waals surface area contributed by atoms with Crippen LogP contribution in [0.2, 0.25) is 0 Å². The van der Waals surface area contributed by atoms with Crippen LogP contribution in [-0.4, -0.2) is 73.7 Å². The molecule has 96 valence electrons. The van der Waals surface area contributed by atoms with Crippen LogP contribution in [0.5, 0.6) is 0 Å². The molecular weight excluding hydrogens is 226 g/mol. The average Bonchev–Trinajstić information content (AvgIpc) is 2.21. The molecule has 0 aliphatic carbocycles. The number of piperazine rings is 1. The van der Waals surface area contributed by atoms with Crippen molar-refractivity contribution in [2.24, 2.45) is 0 Å². The summed E-state index contributed by atoms with van der Waals surface area (Å²) in [7, 11) is 2.04. The number of hydrogen-bond donors (Lipinski definition) is 0. The molecule has 1 aliphatic rings.